The molecule has 1 N–H and O–H groups in total. The third-order valence-corrected chi connectivity index (χ3v) is 1.86. The van der Waals surface area contributed by atoms with E-state index in [1.807, 2.05) is 0 Å². The predicted molar refractivity (Wildman–Crippen MR) is 55.0 cm³/mol. The Balaban J connectivity index is 2.85. The van der Waals surface area contributed by atoms with Crippen LogP contribution in [0.1, 0.15) is 12.5 Å². The Morgan fingerprint density at radius 2 is 2.27 bits per heavy atom. The van der Waals surface area contributed by atoms with Crippen molar-refractivity contribution >= 4 is 5.69 Å². The average molecular weight is 211 g/mol. The lowest BCUT2D eigenvalue weighted by Crippen LogP contribution is -2.13. The van der Waals surface area contributed by atoms with Gasteiger partial charge in [0.2, 0.25) is 0 Å². The van der Waals surface area contributed by atoms with Crippen LogP contribution in [0.25, 0.3) is 0 Å². The van der Waals surface area contributed by atoms with Gasteiger partial charge in [-0.3, -0.25) is 10.1 Å². The number of rotatable bonds is 4. The number of nitro benzene ring substituents is 1. The van der Waals surface area contributed by atoms with Crippen molar-refractivity contribution in [3.05, 3.63) is 33.9 Å². The van der Waals surface area contributed by atoms with Gasteiger partial charge in [0.1, 0.15) is 12.4 Å². The standard InChI is InChI=1S/C10H13NO4/c1-7-3-4-9(11(13)14)5-10(7)15-6-8(2)12/h3-5,8,12H,6H2,1-2H3/t8-/m0/s1. The Hall–Kier alpha value is -1.62. The zero-order valence-corrected chi connectivity index (χ0v) is 8.64. The molecule has 0 spiro atoms. The minimum atomic E-state index is -0.594. The number of nitro groups is 1. The predicted octanol–water partition coefficient (Wildman–Crippen LogP) is 1.66. The van der Waals surface area contributed by atoms with Crippen LogP contribution in [0.5, 0.6) is 5.75 Å². The van der Waals surface area contributed by atoms with Crippen molar-refractivity contribution < 1.29 is 14.8 Å². The molecule has 1 aromatic carbocycles. The molecule has 1 aromatic rings. The maximum Gasteiger partial charge on any atom is 0.273 e. The van der Waals surface area contributed by atoms with Gasteiger partial charge in [-0.05, 0) is 25.5 Å². The highest BCUT2D eigenvalue weighted by atomic mass is 16.6. The summed E-state index contributed by atoms with van der Waals surface area (Å²) in [5.41, 5.74) is 0.794. The lowest BCUT2D eigenvalue weighted by molar-refractivity contribution is -0.385. The second kappa shape index (κ2) is 4.75. The van der Waals surface area contributed by atoms with Gasteiger partial charge < -0.3 is 9.84 Å². The minimum absolute atomic E-state index is 0.0128. The van der Waals surface area contributed by atoms with E-state index in [2.05, 4.69) is 0 Å². The number of benzene rings is 1. The molecule has 0 radical (unpaired) electrons. The SMILES string of the molecule is Cc1ccc([N+](=O)[O-])cc1OC[C@H](C)O. The molecule has 0 amide bonds. The summed E-state index contributed by atoms with van der Waals surface area (Å²) < 4.78 is 5.23. The number of aliphatic hydroxyl groups is 1. The van der Waals surface area contributed by atoms with Gasteiger partial charge in [-0.15, -0.1) is 0 Å². The van der Waals surface area contributed by atoms with Crippen LogP contribution >= 0.6 is 0 Å². The Bertz CT molecular complexity index is 362. The fourth-order valence-corrected chi connectivity index (χ4v) is 1.07. The van der Waals surface area contributed by atoms with Crippen LogP contribution in [-0.2, 0) is 0 Å². The van der Waals surface area contributed by atoms with Crippen molar-refractivity contribution in [3.8, 4) is 5.75 Å². The van der Waals surface area contributed by atoms with E-state index < -0.39 is 11.0 Å². The maximum atomic E-state index is 10.5. The molecular weight excluding hydrogens is 198 g/mol. The Morgan fingerprint density at radius 1 is 1.60 bits per heavy atom. The number of non-ortho nitro benzene ring substituents is 1. The lowest BCUT2D eigenvalue weighted by Gasteiger charge is -2.10. The molecule has 1 rings (SSSR count). The van der Waals surface area contributed by atoms with Gasteiger partial charge in [0, 0.05) is 6.07 Å². The number of hydrogen-bond donors (Lipinski definition) is 1. The molecule has 0 fully saturated rings. The maximum absolute atomic E-state index is 10.5. The van der Waals surface area contributed by atoms with Gasteiger partial charge in [0.15, 0.2) is 0 Å². The minimum Gasteiger partial charge on any atom is -0.490 e. The Morgan fingerprint density at radius 3 is 2.80 bits per heavy atom. The first kappa shape index (κ1) is 11.5. The van der Waals surface area contributed by atoms with Gasteiger partial charge in [-0.25, -0.2) is 0 Å². The molecule has 0 saturated carbocycles. The van der Waals surface area contributed by atoms with E-state index in [-0.39, 0.29) is 12.3 Å². The highest BCUT2D eigenvalue weighted by molar-refractivity contribution is 5.43. The van der Waals surface area contributed by atoms with E-state index in [4.69, 9.17) is 9.84 Å². The molecule has 0 aromatic heterocycles. The molecule has 0 aliphatic carbocycles. The van der Waals surface area contributed by atoms with Crippen LogP contribution in [0.2, 0.25) is 0 Å². The average Bonchev–Trinajstić information content (AvgIpc) is 2.16. The summed E-state index contributed by atoms with van der Waals surface area (Å²) in [7, 11) is 0. The summed E-state index contributed by atoms with van der Waals surface area (Å²) in [6.45, 7) is 3.51. The van der Waals surface area contributed by atoms with E-state index in [1.165, 1.54) is 12.1 Å². The van der Waals surface area contributed by atoms with Crippen LogP contribution < -0.4 is 4.74 Å². The van der Waals surface area contributed by atoms with Gasteiger partial charge in [-0.1, -0.05) is 0 Å². The fourth-order valence-electron chi connectivity index (χ4n) is 1.07. The summed E-state index contributed by atoms with van der Waals surface area (Å²) in [5, 5.41) is 19.5. The zero-order chi connectivity index (χ0) is 11.4. The van der Waals surface area contributed by atoms with Crippen molar-refractivity contribution in [2.24, 2.45) is 0 Å². The summed E-state index contributed by atoms with van der Waals surface area (Å²) in [4.78, 5) is 10.0. The normalized spacial score (nSPS) is 12.2. The van der Waals surface area contributed by atoms with Crippen molar-refractivity contribution in [2.75, 3.05) is 6.61 Å². The van der Waals surface area contributed by atoms with Crippen LogP contribution in [0.4, 0.5) is 5.69 Å². The summed E-state index contributed by atoms with van der Waals surface area (Å²) in [6, 6.07) is 4.40. The van der Waals surface area contributed by atoms with Crippen molar-refractivity contribution in [1.29, 1.82) is 0 Å². The van der Waals surface area contributed by atoms with Crippen molar-refractivity contribution in [2.45, 2.75) is 20.0 Å². The molecule has 0 aliphatic rings. The van der Waals surface area contributed by atoms with Crippen LogP contribution in [-0.4, -0.2) is 22.7 Å². The monoisotopic (exact) mass is 211 g/mol. The van der Waals surface area contributed by atoms with Crippen LogP contribution in [0, 0.1) is 17.0 Å². The molecule has 5 heteroatoms. The molecular formula is C10H13NO4. The molecule has 0 aliphatic heterocycles. The number of hydrogen-bond acceptors (Lipinski definition) is 4. The number of ether oxygens (including phenoxy) is 1. The summed E-state index contributed by atoms with van der Waals surface area (Å²) in [6.07, 6.45) is -0.594. The molecule has 1 atom stereocenters. The van der Waals surface area contributed by atoms with Crippen molar-refractivity contribution in [3.63, 3.8) is 0 Å². The highest BCUT2D eigenvalue weighted by Gasteiger charge is 2.09. The largest absolute Gasteiger partial charge is 0.490 e. The van der Waals surface area contributed by atoms with Gasteiger partial charge in [-0.2, -0.15) is 0 Å². The van der Waals surface area contributed by atoms with Crippen LogP contribution in [0.15, 0.2) is 18.2 Å². The first-order chi connectivity index (χ1) is 7.00. The third-order valence-electron chi connectivity index (χ3n) is 1.86. The second-order valence-electron chi connectivity index (χ2n) is 3.37. The van der Waals surface area contributed by atoms with E-state index in [0.29, 0.717) is 5.75 Å². The topological polar surface area (TPSA) is 72.6 Å². The molecule has 0 bridgehead atoms. The fraction of sp³-hybridized carbons (Fsp3) is 0.400. The second-order valence-corrected chi connectivity index (χ2v) is 3.37. The number of nitrogens with zero attached hydrogens (tertiary/aromatic N) is 1. The van der Waals surface area contributed by atoms with E-state index in [1.54, 1.807) is 19.9 Å². The summed E-state index contributed by atoms with van der Waals surface area (Å²) >= 11 is 0. The first-order valence-electron chi connectivity index (χ1n) is 4.56. The van der Waals surface area contributed by atoms with Gasteiger partial charge in [0.25, 0.3) is 5.69 Å². The van der Waals surface area contributed by atoms with E-state index >= 15 is 0 Å². The van der Waals surface area contributed by atoms with E-state index in [0.717, 1.165) is 5.56 Å². The van der Waals surface area contributed by atoms with Crippen LogP contribution in [0.3, 0.4) is 0 Å². The molecule has 0 unspecified atom stereocenters. The molecule has 82 valence electrons. The lowest BCUT2D eigenvalue weighted by atomic mass is 10.2. The first-order valence-corrected chi connectivity index (χ1v) is 4.56. The number of aliphatic hydroxyl groups excluding tert-OH is 1. The molecule has 0 heterocycles. The van der Waals surface area contributed by atoms with E-state index in [9.17, 15) is 10.1 Å². The zero-order valence-electron chi connectivity index (χ0n) is 8.64. The molecule has 5 nitrogen and oxygen atoms in total. The Kier molecular flexibility index (Phi) is 3.62. The molecule has 0 saturated heterocycles. The number of aryl methyl sites for hydroxylation is 1. The summed E-state index contributed by atoms with van der Waals surface area (Å²) in [5.74, 6) is 0.435. The molecule has 15 heavy (non-hydrogen) atoms. The smallest absolute Gasteiger partial charge is 0.273 e. The highest BCUT2D eigenvalue weighted by Crippen LogP contribution is 2.23. The van der Waals surface area contributed by atoms with Gasteiger partial charge >= 0.3 is 0 Å². The van der Waals surface area contributed by atoms with Crippen molar-refractivity contribution in [1.82, 2.24) is 0 Å². The third kappa shape index (κ3) is 3.21. The Labute approximate surface area is 87.5 Å². The quantitative estimate of drug-likeness (QED) is 0.607. The van der Waals surface area contributed by atoms with Gasteiger partial charge in [0.05, 0.1) is 17.1 Å².